The molecular weight excluding hydrogens is 168 g/mol. The first-order chi connectivity index (χ1) is 5.69. The van der Waals surface area contributed by atoms with Gasteiger partial charge in [0.15, 0.2) is 5.13 Å². The summed E-state index contributed by atoms with van der Waals surface area (Å²) in [5, 5.41) is 0.710. The molecule has 2 nitrogen and oxygen atoms in total. The second-order valence-electron chi connectivity index (χ2n) is 3.03. The van der Waals surface area contributed by atoms with Crippen LogP contribution < -0.4 is 5.73 Å². The van der Waals surface area contributed by atoms with Gasteiger partial charge >= 0.3 is 0 Å². The lowest BCUT2D eigenvalue weighted by Gasteiger charge is -2.05. The zero-order valence-corrected chi connectivity index (χ0v) is 8.74. The van der Waals surface area contributed by atoms with Crippen LogP contribution in [0.15, 0.2) is 0 Å². The van der Waals surface area contributed by atoms with E-state index in [0.29, 0.717) is 11.0 Å². The van der Waals surface area contributed by atoms with Crippen molar-refractivity contribution in [2.75, 3.05) is 5.73 Å². The summed E-state index contributed by atoms with van der Waals surface area (Å²) in [4.78, 5) is 5.67. The molecule has 0 aromatic carbocycles. The van der Waals surface area contributed by atoms with Gasteiger partial charge in [-0.15, -0.1) is 11.3 Å². The largest absolute Gasteiger partial charge is 0.375 e. The SMILES string of the molecule is CCc1nc(N)sc1C(C)CC. The summed E-state index contributed by atoms with van der Waals surface area (Å²) in [5.41, 5.74) is 6.84. The van der Waals surface area contributed by atoms with Crippen LogP contribution in [0.1, 0.15) is 43.7 Å². The molecule has 0 fully saturated rings. The molecule has 0 aliphatic heterocycles. The fourth-order valence-electron chi connectivity index (χ4n) is 1.21. The number of aromatic nitrogens is 1. The molecule has 68 valence electrons. The van der Waals surface area contributed by atoms with Gasteiger partial charge in [-0.2, -0.15) is 0 Å². The van der Waals surface area contributed by atoms with Crippen molar-refractivity contribution in [1.29, 1.82) is 0 Å². The molecule has 0 saturated carbocycles. The van der Waals surface area contributed by atoms with Crippen LogP contribution in [0, 0.1) is 0 Å². The second-order valence-corrected chi connectivity index (χ2v) is 4.09. The molecule has 0 aliphatic rings. The lowest BCUT2D eigenvalue weighted by atomic mass is 10.1. The lowest BCUT2D eigenvalue weighted by Crippen LogP contribution is -1.93. The van der Waals surface area contributed by atoms with Crippen LogP contribution in [0.4, 0.5) is 5.13 Å². The molecule has 0 radical (unpaired) electrons. The normalized spacial score (nSPS) is 13.2. The minimum atomic E-state index is 0.606. The summed E-state index contributed by atoms with van der Waals surface area (Å²) in [6, 6.07) is 0. The summed E-state index contributed by atoms with van der Waals surface area (Å²) in [6.07, 6.45) is 2.15. The molecule has 1 aromatic rings. The molecule has 0 saturated heterocycles. The summed E-state index contributed by atoms with van der Waals surface area (Å²) in [7, 11) is 0. The highest BCUT2D eigenvalue weighted by Crippen LogP contribution is 2.30. The highest BCUT2D eigenvalue weighted by molar-refractivity contribution is 7.15. The van der Waals surface area contributed by atoms with Crippen molar-refractivity contribution in [3.8, 4) is 0 Å². The number of nitrogen functional groups attached to an aromatic ring is 1. The van der Waals surface area contributed by atoms with Crippen molar-refractivity contribution in [3.63, 3.8) is 0 Å². The van der Waals surface area contributed by atoms with Gasteiger partial charge in [0.1, 0.15) is 0 Å². The van der Waals surface area contributed by atoms with Crippen LogP contribution in [0.3, 0.4) is 0 Å². The van der Waals surface area contributed by atoms with Gasteiger partial charge in [-0.1, -0.05) is 20.8 Å². The number of thiazole rings is 1. The predicted molar refractivity (Wildman–Crippen MR) is 54.6 cm³/mol. The van der Waals surface area contributed by atoms with Gasteiger partial charge < -0.3 is 5.73 Å². The Hall–Kier alpha value is -0.570. The summed E-state index contributed by atoms with van der Waals surface area (Å²) in [6.45, 7) is 6.55. The van der Waals surface area contributed by atoms with E-state index in [0.717, 1.165) is 12.8 Å². The quantitative estimate of drug-likeness (QED) is 0.784. The topological polar surface area (TPSA) is 38.9 Å². The zero-order chi connectivity index (χ0) is 9.14. The van der Waals surface area contributed by atoms with Crippen LogP contribution in [-0.2, 0) is 6.42 Å². The van der Waals surface area contributed by atoms with E-state index in [4.69, 9.17) is 5.73 Å². The Morgan fingerprint density at radius 2 is 2.17 bits per heavy atom. The third-order valence-corrected chi connectivity index (χ3v) is 3.30. The van der Waals surface area contributed by atoms with Gasteiger partial charge in [-0.3, -0.25) is 0 Å². The molecule has 1 rings (SSSR count). The standard InChI is InChI=1S/C9H16N2S/c1-4-6(3)8-7(5-2)11-9(10)12-8/h6H,4-5H2,1-3H3,(H2,10,11). The molecule has 0 spiro atoms. The molecule has 2 N–H and O–H groups in total. The number of rotatable bonds is 3. The number of hydrogen-bond acceptors (Lipinski definition) is 3. The maximum Gasteiger partial charge on any atom is 0.180 e. The van der Waals surface area contributed by atoms with Gasteiger partial charge in [0.2, 0.25) is 0 Å². The Morgan fingerprint density at radius 3 is 2.67 bits per heavy atom. The van der Waals surface area contributed by atoms with Gasteiger partial charge in [0.05, 0.1) is 5.69 Å². The van der Waals surface area contributed by atoms with Gasteiger partial charge in [0.25, 0.3) is 0 Å². The Morgan fingerprint density at radius 1 is 1.50 bits per heavy atom. The van der Waals surface area contributed by atoms with E-state index in [-0.39, 0.29) is 0 Å². The molecule has 1 aromatic heterocycles. The smallest absolute Gasteiger partial charge is 0.180 e. The van der Waals surface area contributed by atoms with Crippen LogP contribution in [-0.4, -0.2) is 4.98 Å². The molecular formula is C9H16N2S. The lowest BCUT2D eigenvalue weighted by molar-refractivity contribution is 0.734. The van der Waals surface area contributed by atoms with E-state index < -0.39 is 0 Å². The first-order valence-electron chi connectivity index (χ1n) is 4.44. The molecule has 3 heteroatoms. The van der Waals surface area contributed by atoms with Gasteiger partial charge in [0, 0.05) is 4.88 Å². The maximum atomic E-state index is 5.65. The first-order valence-corrected chi connectivity index (χ1v) is 5.25. The Bertz CT molecular complexity index is 255. The zero-order valence-electron chi connectivity index (χ0n) is 7.92. The van der Waals surface area contributed by atoms with E-state index in [2.05, 4.69) is 25.8 Å². The average molecular weight is 184 g/mol. The van der Waals surface area contributed by atoms with E-state index in [9.17, 15) is 0 Å². The van der Waals surface area contributed by atoms with Crippen molar-refractivity contribution in [2.24, 2.45) is 0 Å². The molecule has 1 atom stereocenters. The summed E-state index contributed by atoms with van der Waals surface area (Å²) < 4.78 is 0. The summed E-state index contributed by atoms with van der Waals surface area (Å²) in [5.74, 6) is 0.606. The van der Waals surface area contributed by atoms with Crippen molar-refractivity contribution in [2.45, 2.75) is 39.5 Å². The molecule has 0 amide bonds. The highest BCUT2D eigenvalue weighted by Gasteiger charge is 2.12. The second kappa shape index (κ2) is 3.90. The minimum Gasteiger partial charge on any atom is -0.375 e. The number of nitrogens with two attached hydrogens (primary N) is 1. The maximum absolute atomic E-state index is 5.65. The number of aryl methyl sites for hydroxylation is 1. The van der Waals surface area contributed by atoms with Crippen LogP contribution in [0.25, 0.3) is 0 Å². The Balaban J connectivity index is 2.96. The van der Waals surface area contributed by atoms with Crippen molar-refractivity contribution in [3.05, 3.63) is 10.6 Å². The summed E-state index contributed by atoms with van der Waals surface area (Å²) >= 11 is 1.64. The number of anilines is 1. The van der Waals surface area contributed by atoms with Crippen molar-refractivity contribution < 1.29 is 0 Å². The molecule has 0 bridgehead atoms. The monoisotopic (exact) mass is 184 g/mol. The van der Waals surface area contributed by atoms with Gasteiger partial charge in [-0.05, 0) is 18.8 Å². The first kappa shape index (κ1) is 9.52. The number of nitrogens with zero attached hydrogens (tertiary/aromatic N) is 1. The third-order valence-electron chi connectivity index (χ3n) is 2.14. The van der Waals surface area contributed by atoms with Crippen LogP contribution in [0.2, 0.25) is 0 Å². The molecule has 12 heavy (non-hydrogen) atoms. The van der Waals surface area contributed by atoms with Crippen molar-refractivity contribution >= 4 is 16.5 Å². The number of hydrogen-bond donors (Lipinski definition) is 1. The van der Waals surface area contributed by atoms with E-state index in [1.807, 2.05) is 0 Å². The van der Waals surface area contributed by atoms with E-state index in [1.54, 1.807) is 11.3 Å². The van der Waals surface area contributed by atoms with E-state index >= 15 is 0 Å². The Kier molecular flexibility index (Phi) is 3.09. The third kappa shape index (κ3) is 1.78. The van der Waals surface area contributed by atoms with Crippen LogP contribution >= 0.6 is 11.3 Å². The fraction of sp³-hybridized carbons (Fsp3) is 0.667. The minimum absolute atomic E-state index is 0.606. The fourth-order valence-corrected chi connectivity index (χ4v) is 2.26. The van der Waals surface area contributed by atoms with Crippen LogP contribution in [0.5, 0.6) is 0 Å². The van der Waals surface area contributed by atoms with Crippen molar-refractivity contribution in [1.82, 2.24) is 4.98 Å². The molecule has 1 heterocycles. The Labute approximate surface area is 77.8 Å². The highest BCUT2D eigenvalue weighted by atomic mass is 32.1. The average Bonchev–Trinajstić information content (AvgIpc) is 2.45. The predicted octanol–water partition coefficient (Wildman–Crippen LogP) is 2.80. The molecule has 0 aliphatic carbocycles. The van der Waals surface area contributed by atoms with E-state index in [1.165, 1.54) is 10.6 Å². The molecule has 1 unspecified atom stereocenters. The van der Waals surface area contributed by atoms with Gasteiger partial charge in [-0.25, -0.2) is 4.98 Å².